The van der Waals surface area contributed by atoms with Crippen LogP contribution in [0.4, 0.5) is 5.82 Å². The third-order valence-electron chi connectivity index (χ3n) is 4.27. The number of rotatable bonds is 3. The summed E-state index contributed by atoms with van der Waals surface area (Å²) in [6.45, 7) is 2.17. The Balaban J connectivity index is 1.94. The fraction of sp³-hybridized carbons (Fsp3) is 0.467. The second kappa shape index (κ2) is 4.81. The van der Waals surface area contributed by atoms with Crippen LogP contribution >= 0.6 is 0 Å². The molecule has 1 aliphatic rings. The summed E-state index contributed by atoms with van der Waals surface area (Å²) in [5.41, 5.74) is -0.197. The van der Waals surface area contributed by atoms with Gasteiger partial charge in [-0.2, -0.15) is 0 Å². The van der Waals surface area contributed by atoms with Crippen molar-refractivity contribution in [1.29, 1.82) is 0 Å². The van der Waals surface area contributed by atoms with E-state index >= 15 is 0 Å². The van der Waals surface area contributed by atoms with Gasteiger partial charge in [0.05, 0.1) is 11.6 Å². The zero-order valence-electron chi connectivity index (χ0n) is 11.4. The molecule has 0 aliphatic heterocycles. The molecule has 1 fully saturated rings. The standard InChI is InChI=1S/C15H18N2O3/c1-10-2-6-15(7-3-10,14(18)19)17-13-11-5-9-20-12(11)4-8-16-13/h4-5,8-10H,2-3,6-7H2,1H3,(H,16,17)(H,18,19). The number of fused-ring (bicyclic) bond motifs is 1. The van der Waals surface area contributed by atoms with E-state index in [1.807, 2.05) is 6.07 Å². The summed E-state index contributed by atoms with van der Waals surface area (Å²) < 4.78 is 5.33. The van der Waals surface area contributed by atoms with Gasteiger partial charge in [0, 0.05) is 6.20 Å². The van der Waals surface area contributed by atoms with Crippen LogP contribution in [0.25, 0.3) is 11.0 Å². The average molecular weight is 274 g/mol. The first kappa shape index (κ1) is 13.0. The van der Waals surface area contributed by atoms with E-state index in [0.29, 0.717) is 30.2 Å². The lowest BCUT2D eigenvalue weighted by atomic mass is 9.77. The molecule has 1 saturated carbocycles. The minimum absolute atomic E-state index is 0.585. The minimum Gasteiger partial charge on any atom is -0.480 e. The summed E-state index contributed by atoms with van der Waals surface area (Å²) in [7, 11) is 0. The number of aromatic nitrogens is 1. The van der Waals surface area contributed by atoms with Crippen LogP contribution in [-0.4, -0.2) is 21.6 Å². The molecular weight excluding hydrogens is 256 g/mol. The highest BCUT2D eigenvalue weighted by Crippen LogP contribution is 2.36. The van der Waals surface area contributed by atoms with Crippen LogP contribution in [0.15, 0.2) is 29.0 Å². The first-order chi connectivity index (χ1) is 9.61. The fourth-order valence-corrected chi connectivity index (χ4v) is 2.87. The highest BCUT2D eigenvalue weighted by atomic mass is 16.4. The number of furan rings is 1. The molecule has 0 unspecified atom stereocenters. The molecule has 0 aromatic carbocycles. The minimum atomic E-state index is -0.912. The van der Waals surface area contributed by atoms with Crippen LogP contribution in [0.2, 0.25) is 0 Å². The van der Waals surface area contributed by atoms with Crippen molar-refractivity contribution in [3.63, 3.8) is 0 Å². The predicted molar refractivity (Wildman–Crippen MR) is 75.6 cm³/mol. The molecule has 0 amide bonds. The lowest BCUT2D eigenvalue weighted by Crippen LogP contribution is -2.49. The second-order valence-corrected chi connectivity index (χ2v) is 5.69. The number of nitrogens with zero attached hydrogens (tertiary/aromatic N) is 1. The van der Waals surface area contributed by atoms with E-state index in [1.165, 1.54) is 0 Å². The molecule has 0 spiro atoms. The van der Waals surface area contributed by atoms with Crippen LogP contribution in [0.3, 0.4) is 0 Å². The predicted octanol–water partition coefficient (Wildman–Crippen LogP) is 3.27. The maximum absolute atomic E-state index is 11.7. The quantitative estimate of drug-likeness (QED) is 0.898. The maximum Gasteiger partial charge on any atom is 0.329 e. The lowest BCUT2D eigenvalue weighted by molar-refractivity contribution is -0.143. The summed E-state index contributed by atoms with van der Waals surface area (Å²) in [6, 6.07) is 3.59. The molecule has 2 aromatic rings. The fourth-order valence-electron chi connectivity index (χ4n) is 2.87. The molecule has 3 rings (SSSR count). The van der Waals surface area contributed by atoms with Gasteiger partial charge in [0.25, 0.3) is 0 Å². The van der Waals surface area contributed by atoms with Crippen LogP contribution in [0.1, 0.15) is 32.6 Å². The molecule has 0 atom stereocenters. The average Bonchev–Trinajstić information content (AvgIpc) is 2.91. The Hall–Kier alpha value is -2.04. The van der Waals surface area contributed by atoms with Gasteiger partial charge in [-0.25, -0.2) is 9.78 Å². The topological polar surface area (TPSA) is 75.4 Å². The van der Waals surface area contributed by atoms with Crippen molar-refractivity contribution >= 4 is 22.8 Å². The van der Waals surface area contributed by atoms with Crippen molar-refractivity contribution < 1.29 is 14.3 Å². The molecule has 1 aliphatic carbocycles. The van der Waals surface area contributed by atoms with E-state index in [0.717, 1.165) is 18.2 Å². The van der Waals surface area contributed by atoms with Crippen LogP contribution in [-0.2, 0) is 4.79 Å². The number of nitrogens with one attached hydrogen (secondary N) is 1. The molecule has 0 saturated heterocycles. The number of aliphatic carboxylic acids is 1. The number of anilines is 1. The maximum atomic E-state index is 11.7. The van der Waals surface area contributed by atoms with Gasteiger partial charge in [-0.3, -0.25) is 0 Å². The Morgan fingerprint density at radius 3 is 2.90 bits per heavy atom. The molecule has 106 valence electrons. The van der Waals surface area contributed by atoms with Gasteiger partial charge in [0.15, 0.2) is 0 Å². The Morgan fingerprint density at radius 1 is 1.45 bits per heavy atom. The summed E-state index contributed by atoms with van der Waals surface area (Å²) in [4.78, 5) is 16.0. The molecule has 2 aromatic heterocycles. The lowest BCUT2D eigenvalue weighted by Gasteiger charge is -2.36. The van der Waals surface area contributed by atoms with Gasteiger partial charge >= 0.3 is 5.97 Å². The molecule has 2 heterocycles. The molecule has 5 nitrogen and oxygen atoms in total. The first-order valence-electron chi connectivity index (χ1n) is 6.94. The first-order valence-corrected chi connectivity index (χ1v) is 6.94. The van der Waals surface area contributed by atoms with E-state index < -0.39 is 11.5 Å². The monoisotopic (exact) mass is 274 g/mol. The number of carboxylic acid groups (broad SMARTS) is 1. The van der Waals surface area contributed by atoms with Gasteiger partial charge in [0.2, 0.25) is 0 Å². The summed E-state index contributed by atoms with van der Waals surface area (Å²) in [5.74, 6) is 0.377. The SMILES string of the molecule is CC1CCC(Nc2nccc3occc23)(C(=O)O)CC1. The van der Waals surface area contributed by atoms with E-state index in [-0.39, 0.29) is 0 Å². The summed E-state index contributed by atoms with van der Waals surface area (Å²) >= 11 is 0. The van der Waals surface area contributed by atoms with E-state index in [2.05, 4.69) is 17.2 Å². The van der Waals surface area contributed by atoms with E-state index in [1.54, 1.807) is 18.5 Å². The smallest absolute Gasteiger partial charge is 0.329 e. The van der Waals surface area contributed by atoms with Gasteiger partial charge in [0.1, 0.15) is 16.9 Å². The number of carboxylic acids is 1. The van der Waals surface area contributed by atoms with E-state index in [4.69, 9.17) is 4.42 Å². The second-order valence-electron chi connectivity index (χ2n) is 5.69. The van der Waals surface area contributed by atoms with Crippen molar-refractivity contribution in [2.24, 2.45) is 5.92 Å². The zero-order valence-corrected chi connectivity index (χ0v) is 11.4. The van der Waals surface area contributed by atoms with Gasteiger partial charge in [-0.15, -0.1) is 0 Å². The van der Waals surface area contributed by atoms with Crippen molar-refractivity contribution in [3.05, 3.63) is 24.6 Å². The van der Waals surface area contributed by atoms with Crippen LogP contribution in [0.5, 0.6) is 0 Å². The highest BCUT2D eigenvalue weighted by molar-refractivity contribution is 5.91. The number of carbonyl (C=O) groups is 1. The third-order valence-corrected chi connectivity index (χ3v) is 4.27. The number of hydrogen-bond acceptors (Lipinski definition) is 4. The Morgan fingerprint density at radius 2 is 2.20 bits per heavy atom. The highest BCUT2D eigenvalue weighted by Gasteiger charge is 2.41. The normalized spacial score (nSPS) is 26.6. The Bertz CT molecular complexity index is 627. The van der Waals surface area contributed by atoms with Crippen molar-refractivity contribution in [2.75, 3.05) is 5.32 Å². The molecule has 0 radical (unpaired) electrons. The van der Waals surface area contributed by atoms with Gasteiger partial charge in [-0.05, 0) is 43.7 Å². The van der Waals surface area contributed by atoms with E-state index in [9.17, 15) is 9.90 Å². The molecular formula is C15H18N2O3. The molecule has 0 bridgehead atoms. The number of pyridine rings is 1. The third kappa shape index (κ3) is 2.13. The Labute approximate surface area is 117 Å². The summed E-state index contributed by atoms with van der Waals surface area (Å²) in [6.07, 6.45) is 6.31. The van der Waals surface area contributed by atoms with Crippen molar-refractivity contribution in [1.82, 2.24) is 4.98 Å². The van der Waals surface area contributed by atoms with Gasteiger partial charge in [-0.1, -0.05) is 6.92 Å². The van der Waals surface area contributed by atoms with Crippen molar-refractivity contribution in [2.45, 2.75) is 38.1 Å². The number of hydrogen-bond donors (Lipinski definition) is 2. The van der Waals surface area contributed by atoms with Crippen LogP contribution in [0, 0.1) is 5.92 Å². The molecule has 20 heavy (non-hydrogen) atoms. The van der Waals surface area contributed by atoms with Crippen molar-refractivity contribution in [3.8, 4) is 0 Å². The zero-order chi connectivity index (χ0) is 14.2. The molecule has 2 N–H and O–H groups in total. The Kier molecular flexibility index (Phi) is 3.12. The largest absolute Gasteiger partial charge is 0.480 e. The van der Waals surface area contributed by atoms with Crippen LogP contribution < -0.4 is 5.32 Å². The van der Waals surface area contributed by atoms with Gasteiger partial charge < -0.3 is 14.8 Å². The molecule has 5 heteroatoms. The summed E-state index contributed by atoms with van der Waals surface area (Å²) in [5, 5.41) is 13.6.